The molecule has 0 spiro atoms. The van der Waals surface area contributed by atoms with Gasteiger partial charge in [-0.05, 0) is 57.2 Å². The first-order valence-electron chi connectivity index (χ1n) is 9.76. The maximum absolute atomic E-state index is 5.68. The molecule has 0 fully saturated rings. The van der Waals surface area contributed by atoms with Gasteiger partial charge in [0.2, 0.25) is 0 Å². The minimum atomic E-state index is 0.394. The zero-order valence-electron chi connectivity index (χ0n) is 17.4. The smallest absolute Gasteiger partial charge is 0.148 e. The molecule has 2 rings (SSSR count). The Bertz CT molecular complexity index is 756. The van der Waals surface area contributed by atoms with Crippen molar-refractivity contribution >= 4 is 5.82 Å². The van der Waals surface area contributed by atoms with Crippen molar-refractivity contribution in [2.24, 2.45) is 0 Å². The van der Waals surface area contributed by atoms with Gasteiger partial charge in [-0.15, -0.1) is 0 Å². The molecule has 0 aliphatic carbocycles. The molecule has 26 heavy (non-hydrogen) atoms. The molecule has 0 saturated carbocycles. The molecule has 4 heteroatoms. The van der Waals surface area contributed by atoms with Crippen molar-refractivity contribution in [3.05, 3.63) is 34.6 Å². The molecular weight excluding hydrogens is 322 g/mol. The molecule has 0 aliphatic rings. The van der Waals surface area contributed by atoms with Gasteiger partial charge in [0.05, 0.1) is 24.2 Å². The Labute approximate surface area is 158 Å². The summed E-state index contributed by atoms with van der Waals surface area (Å²) in [5.41, 5.74) is 6.41. The van der Waals surface area contributed by atoms with Crippen LogP contribution in [0.2, 0.25) is 0 Å². The first-order chi connectivity index (χ1) is 12.4. The molecule has 1 unspecified atom stereocenters. The number of benzene rings is 1. The van der Waals surface area contributed by atoms with Crippen LogP contribution in [-0.4, -0.2) is 23.1 Å². The van der Waals surface area contributed by atoms with Gasteiger partial charge in [0.1, 0.15) is 11.6 Å². The normalized spacial score (nSPS) is 12.1. The maximum atomic E-state index is 5.68. The molecule has 0 saturated heterocycles. The van der Waals surface area contributed by atoms with E-state index >= 15 is 0 Å². The molecule has 0 amide bonds. The Kier molecular flexibility index (Phi) is 7.01. The molecule has 1 aromatic heterocycles. The number of ether oxygens (including phenoxy) is 1. The third-order valence-electron chi connectivity index (χ3n) is 4.72. The highest BCUT2D eigenvalue weighted by molar-refractivity contribution is 5.74. The van der Waals surface area contributed by atoms with Crippen molar-refractivity contribution < 1.29 is 4.74 Å². The van der Waals surface area contributed by atoms with Gasteiger partial charge in [-0.2, -0.15) is 0 Å². The molecule has 0 aliphatic heterocycles. The van der Waals surface area contributed by atoms with Crippen molar-refractivity contribution in [1.82, 2.24) is 9.97 Å². The Hall–Kier alpha value is -2.10. The lowest BCUT2D eigenvalue weighted by Crippen LogP contribution is -2.18. The summed E-state index contributed by atoms with van der Waals surface area (Å²) < 4.78 is 5.68. The van der Waals surface area contributed by atoms with E-state index in [-0.39, 0.29) is 0 Å². The van der Waals surface area contributed by atoms with Crippen molar-refractivity contribution in [1.29, 1.82) is 0 Å². The fourth-order valence-corrected chi connectivity index (χ4v) is 3.45. The van der Waals surface area contributed by atoms with E-state index < -0.39 is 0 Å². The van der Waals surface area contributed by atoms with Gasteiger partial charge in [-0.3, -0.25) is 0 Å². The van der Waals surface area contributed by atoms with Gasteiger partial charge >= 0.3 is 0 Å². The second-order valence-electron chi connectivity index (χ2n) is 7.01. The minimum absolute atomic E-state index is 0.394. The summed E-state index contributed by atoms with van der Waals surface area (Å²) in [4.78, 5) is 10.0. The third kappa shape index (κ3) is 4.35. The number of aryl methyl sites for hydroxylation is 4. The molecule has 0 bridgehead atoms. The fourth-order valence-electron chi connectivity index (χ4n) is 3.45. The van der Waals surface area contributed by atoms with E-state index in [9.17, 15) is 0 Å². The van der Waals surface area contributed by atoms with Crippen LogP contribution in [0.1, 0.15) is 63.1 Å². The Morgan fingerprint density at radius 3 is 2.31 bits per heavy atom. The van der Waals surface area contributed by atoms with Gasteiger partial charge in [-0.25, -0.2) is 9.97 Å². The average Bonchev–Trinajstić information content (AvgIpc) is 2.61. The van der Waals surface area contributed by atoms with Crippen molar-refractivity contribution in [3.63, 3.8) is 0 Å². The SMILES string of the molecule is CCCC(C)Nc1nc(CC)c(-c2c(C)cc(C)cc2OC)nc1CC. The summed E-state index contributed by atoms with van der Waals surface area (Å²) in [6.07, 6.45) is 3.96. The maximum Gasteiger partial charge on any atom is 0.148 e. The second kappa shape index (κ2) is 9.02. The standard InChI is InChI=1S/C22H33N3O/c1-8-11-16(6)23-22-18(10-3)24-21(17(9-2)25-22)20-15(5)12-14(4)13-19(20)26-7/h12-13,16H,8-11H2,1-7H3,(H,23,25). The molecule has 2 aromatic rings. The Balaban J connectivity index is 2.61. The molecule has 142 valence electrons. The lowest BCUT2D eigenvalue weighted by molar-refractivity contribution is 0.415. The number of aromatic nitrogens is 2. The number of methoxy groups -OCH3 is 1. The summed E-state index contributed by atoms with van der Waals surface area (Å²) >= 11 is 0. The predicted molar refractivity (Wildman–Crippen MR) is 110 cm³/mol. The molecule has 1 heterocycles. The van der Waals surface area contributed by atoms with E-state index in [0.717, 1.165) is 59.9 Å². The number of hydrogen-bond acceptors (Lipinski definition) is 4. The monoisotopic (exact) mass is 355 g/mol. The van der Waals surface area contributed by atoms with Crippen LogP contribution in [0.3, 0.4) is 0 Å². The van der Waals surface area contributed by atoms with E-state index in [0.29, 0.717) is 6.04 Å². The molecule has 4 nitrogen and oxygen atoms in total. The van der Waals surface area contributed by atoms with Gasteiger partial charge in [0, 0.05) is 11.6 Å². The highest BCUT2D eigenvalue weighted by atomic mass is 16.5. The van der Waals surface area contributed by atoms with Gasteiger partial charge in [0.15, 0.2) is 0 Å². The quantitative estimate of drug-likeness (QED) is 0.680. The number of rotatable bonds is 8. The van der Waals surface area contributed by atoms with Gasteiger partial charge < -0.3 is 10.1 Å². The molecular formula is C22H33N3O. The molecule has 1 N–H and O–H groups in total. The zero-order chi connectivity index (χ0) is 19.3. The van der Waals surface area contributed by atoms with Crippen LogP contribution in [0.15, 0.2) is 12.1 Å². The highest BCUT2D eigenvalue weighted by Crippen LogP contribution is 2.36. The first-order valence-corrected chi connectivity index (χ1v) is 9.76. The lowest BCUT2D eigenvalue weighted by Gasteiger charge is -2.20. The van der Waals surface area contributed by atoms with Gasteiger partial charge in [-0.1, -0.05) is 33.3 Å². The topological polar surface area (TPSA) is 47.0 Å². The predicted octanol–water partition coefficient (Wildman–Crippen LogP) is 5.49. The van der Waals surface area contributed by atoms with Gasteiger partial charge in [0.25, 0.3) is 0 Å². The van der Waals surface area contributed by atoms with Crippen LogP contribution >= 0.6 is 0 Å². The number of nitrogens with zero attached hydrogens (tertiary/aromatic N) is 2. The molecule has 1 atom stereocenters. The highest BCUT2D eigenvalue weighted by Gasteiger charge is 2.19. The minimum Gasteiger partial charge on any atom is -0.496 e. The van der Waals surface area contributed by atoms with Crippen LogP contribution in [0, 0.1) is 13.8 Å². The van der Waals surface area contributed by atoms with Crippen LogP contribution in [0.4, 0.5) is 5.82 Å². The Morgan fingerprint density at radius 2 is 1.73 bits per heavy atom. The number of nitrogens with one attached hydrogen (secondary N) is 1. The van der Waals surface area contributed by atoms with E-state index in [2.05, 4.69) is 59.0 Å². The largest absolute Gasteiger partial charge is 0.496 e. The van der Waals surface area contributed by atoms with E-state index in [4.69, 9.17) is 14.7 Å². The first kappa shape index (κ1) is 20.2. The van der Waals surface area contributed by atoms with Crippen molar-refractivity contribution in [3.8, 4) is 17.0 Å². The lowest BCUT2D eigenvalue weighted by atomic mass is 9.99. The van der Waals surface area contributed by atoms with E-state index in [1.165, 1.54) is 11.1 Å². The van der Waals surface area contributed by atoms with E-state index in [1.54, 1.807) is 7.11 Å². The summed E-state index contributed by atoms with van der Waals surface area (Å²) in [7, 11) is 1.72. The van der Waals surface area contributed by atoms with Crippen LogP contribution in [-0.2, 0) is 12.8 Å². The average molecular weight is 356 g/mol. The summed E-state index contributed by atoms with van der Waals surface area (Å²) in [5, 5.41) is 3.56. The molecule has 1 aromatic carbocycles. The van der Waals surface area contributed by atoms with Crippen LogP contribution in [0.25, 0.3) is 11.3 Å². The van der Waals surface area contributed by atoms with Crippen molar-refractivity contribution in [2.75, 3.05) is 12.4 Å². The summed E-state index contributed by atoms with van der Waals surface area (Å²) in [5.74, 6) is 1.80. The van der Waals surface area contributed by atoms with Crippen LogP contribution < -0.4 is 10.1 Å². The fraction of sp³-hybridized carbons (Fsp3) is 0.545. The van der Waals surface area contributed by atoms with E-state index in [1.807, 2.05) is 0 Å². The third-order valence-corrected chi connectivity index (χ3v) is 4.72. The second-order valence-corrected chi connectivity index (χ2v) is 7.01. The number of anilines is 1. The number of hydrogen-bond donors (Lipinski definition) is 1. The molecule has 0 radical (unpaired) electrons. The van der Waals surface area contributed by atoms with Crippen LogP contribution in [0.5, 0.6) is 5.75 Å². The summed E-state index contributed by atoms with van der Waals surface area (Å²) in [6, 6.07) is 4.65. The Morgan fingerprint density at radius 1 is 1.04 bits per heavy atom. The zero-order valence-corrected chi connectivity index (χ0v) is 17.4. The van der Waals surface area contributed by atoms with Crippen molar-refractivity contribution in [2.45, 2.75) is 73.3 Å². The summed E-state index contributed by atoms with van der Waals surface area (Å²) in [6.45, 7) is 12.9.